The van der Waals surface area contributed by atoms with Crippen molar-refractivity contribution < 1.29 is 9.18 Å². The van der Waals surface area contributed by atoms with Crippen molar-refractivity contribution in [2.24, 2.45) is 5.41 Å². The third-order valence-electron chi connectivity index (χ3n) is 2.62. The molecular formula is C12H25ClFNO. The molecule has 0 heterocycles. The van der Waals surface area contributed by atoms with Crippen LogP contribution in [0.2, 0.25) is 0 Å². The van der Waals surface area contributed by atoms with Crippen LogP contribution in [0.4, 0.5) is 4.39 Å². The van der Waals surface area contributed by atoms with E-state index in [0.29, 0.717) is 13.0 Å². The second kappa shape index (κ2) is 8.02. The van der Waals surface area contributed by atoms with Crippen LogP contribution in [0.25, 0.3) is 0 Å². The summed E-state index contributed by atoms with van der Waals surface area (Å²) in [4.78, 5) is 13.7. The molecule has 98 valence electrons. The first-order chi connectivity index (χ1) is 6.82. The SMILES string of the molecule is CCN(CC)CCC(F)C(=O)C(C)(C)C.Cl. The molecule has 0 aromatic carbocycles. The summed E-state index contributed by atoms with van der Waals surface area (Å²) in [6.07, 6.45) is -0.997. The Morgan fingerprint density at radius 1 is 1.25 bits per heavy atom. The second-order valence-electron chi connectivity index (χ2n) is 4.90. The normalized spacial score (nSPS) is 13.4. The molecule has 0 rings (SSSR count). The second-order valence-corrected chi connectivity index (χ2v) is 4.90. The van der Waals surface area contributed by atoms with Gasteiger partial charge < -0.3 is 4.90 Å². The number of ketones is 1. The predicted molar refractivity (Wildman–Crippen MR) is 69.0 cm³/mol. The molecule has 0 saturated carbocycles. The van der Waals surface area contributed by atoms with E-state index in [9.17, 15) is 9.18 Å². The molecule has 0 saturated heterocycles. The minimum atomic E-state index is -1.31. The highest BCUT2D eigenvalue weighted by Crippen LogP contribution is 2.20. The molecule has 0 aliphatic carbocycles. The molecule has 16 heavy (non-hydrogen) atoms. The summed E-state index contributed by atoms with van der Waals surface area (Å²) in [5, 5.41) is 0. The van der Waals surface area contributed by atoms with E-state index in [1.807, 2.05) is 13.8 Å². The van der Waals surface area contributed by atoms with Crippen LogP contribution in [0.1, 0.15) is 41.0 Å². The van der Waals surface area contributed by atoms with Crippen LogP contribution in [0, 0.1) is 5.41 Å². The lowest BCUT2D eigenvalue weighted by Crippen LogP contribution is -2.33. The Hall–Kier alpha value is -0.150. The maximum absolute atomic E-state index is 13.5. The van der Waals surface area contributed by atoms with Gasteiger partial charge in [0.1, 0.15) is 0 Å². The van der Waals surface area contributed by atoms with E-state index in [1.165, 1.54) is 0 Å². The fourth-order valence-corrected chi connectivity index (χ4v) is 1.44. The third kappa shape index (κ3) is 6.44. The minimum absolute atomic E-state index is 0. The Morgan fingerprint density at radius 2 is 1.69 bits per heavy atom. The highest BCUT2D eigenvalue weighted by molar-refractivity contribution is 5.87. The Balaban J connectivity index is 0. The fraction of sp³-hybridized carbons (Fsp3) is 0.917. The van der Waals surface area contributed by atoms with Gasteiger partial charge in [-0.25, -0.2) is 4.39 Å². The molecule has 0 aromatic heterocycles. The summed E-state index contributed by atoms with van der Waals surface area (Å²) in [5.74, 6) is -0.283. The third-order valence-corrected chi connectivity index (χ3v) is 2.62. The molecule has 0 N–H and O–H groups in total. The minimum Gasteiger partial charge on any atom is -0.304 e. The van der Waals surface area contributed by atoms with Gasteiger partial charge in [-0.15, -0.1) is 12.4 Å². The van der Waals surface area contributed by atoms with Crippen molar-refractivity contribution in [1.82, 2.24) is 4.90 Å². The highest BCUT2D eigenvalue weighted by atomic mass is 35.5. The zero-order valence-electron chi connectivity index (χ0n) is 11.0. The fourth-order valence-electron chi connectivity index (χ4n) is 1.44. The Labute approximate surface area is 105 Å². The van der Waals surface area contributed by atoms with Crippen molar-refractivity contribution in [2.75, 3.05) is 19.6 Å². The van der Waals surface area contributed by atoms with Crippen LogP contribution in [0.5, 0.6) is 0 Å². The van der Waals surface area contributed by atoms with Gasteiger partial charge in [-0.3, -0.25) is 4.79 Å². The lowest BCUT2D eigenvalue weighted by molar-refractivity contribution is -0.131. The highest BCUT2D eigenvalue weighted by Gasteiger charge is 2.29. The van der Waals surface area contributed by atoms with Crippen LogP contribution in [-0.4, -0.2) is 36.5 Å². The molecule has 1 unspecified atom stereocenters. The summed E-state index contributed by atoms with van der Waals surface area (Å²) in [6.45, 7) is 11.9. The number of nitrogens with zero attached hydrogens (tertiary/aromatic N) is 1. The van der Waals surface area contributed by atoms with Crippen molar-refractivity contribution in [2.45, 2.75) is 47.2 Å². The first-order valence-corrected chi connectivity index (χ1v) is 5.73. The van der Waals surface area contributed by atoms with Gasteiger partial charge in [-0.2, -0.15) is 0 Å². The van der Waals surface area contributed by atoms with Crippen molar-refractivity contribution >= 4 is 18.2 Å². The topological polar surface area (TPSA) is 20.3 Å². The smallest absolute Gasteiger partial charge is 0.172 e. The predicted octanol–water partition coefficient (Wildman–Crippen LogP) is 3.09. The lowest BCUT2D eigenvalue weighted by atomic mass is 9.87. The molecular weight excluding hydrogens is 229 g/mol. The van der Waals surface area contributed by atoms with Gasteiger partial charge in [0.2, 0.25) is 0 Å². The van der Waals surface area contributed by atoms with Gasteiger partial charge in [0.25, 0.3) is 0 Å². The Bertz CT molecular complexity index is 200. The summed E-state index contributed by atoms with van der Waals surface area (Å²) < 4.78 is 13.5. The first-order valence-electron chi connectivity index (χ1n) is 5.73. The zero-order valence-corrected chi connectivity index (χ0v) is 11.9. The molecule has 0 fully saturated rings. The first kappa shape index (κ1) is 18.2. The number of halogens is 2. The molecule has 0 aliphatic heterocycles. The molecule has 2 nitrogen and oxygen atoms in total. The Kier molecular flexibility index (Phi) is 9.13. The number of carbonyl (C=O) groups excluding carboxylic acids is 1. The molecule has 0 radical (unpaired) electrons. The average Bonchev–Trinajstić information content (AvgIpc) is 2.16. The quantitative estimate of drug-likeness (QED) is 0.725. The van der Waals surface area contributed by atoms with E-state index in [2.05, 4.69) is 4.90 Å². The van der Waals surface area contributed by atoms with Gasteiger partial charge in [0, 0.05) is 12.0 Å². The van der Waals surface area contributed by atoms with E-state index < -0.39 is 11.6 Å². The number of hydrogen-bond donors (Lipinski definition) is 0. The van der Waals surface area contributed by atoms with Gasteiger partial charge >= 0.3 is 0 Å². The van der Waals surface area contributed by atoms with Crippen molar-refractivity contribution in [3.05, 3.63) is 0 Å². The Morgan fingerprint density at radius 3 is 2.00 bits per heavy atom. The zero-order chi connectivity index (χ0) is 12.1. The number of alkyl halides is 1. The molecule has 0 amide bonds. The van der Waals surface area contributed by atoms with Crippen molar-refractivity contribution in [3.63, 3.8) is 0 Å². The number of Topliss-reactive ketones (excluding diaryl/α,β-unsaturated/α-hetero) is 1. The average molecular weight is 254 g/mol. The van der Waals surface area contributed by atoms with E-state index in [4.69, 9.17) is 0 Å². The monoisotopic (exact) mass is 253 g/mol. The van der Waals surface area contributed by atoms with E-state index in [1.54, 1.807) is 20.8 Å². The van der Waals surface area contributed by atoms with Crippen LogP contribution in [0.15, 0.2) is 0 Å². The van der Waals surface area contributed by atoms with Gasteiger partial charge in [-0.05, 0) is 19.5 Å². The molecule has 4 heteroatoms. The van der Waals surface area contributed by atoms with Crippen LogP contribution >= 0.6 is 12.4 Å². The number of carbonyl (C=O) groups is 1. The lowest BCUT2D eigenvalue weighted by Gasteiger charge is -2.22. The van der Waals surface area contributed by atoms with E-state index in [0.717, 1.165) is 13.1 Å². The van der Waals surface area contributed by atoms with Crippen molar-refractivity contribution in [1.29, 1.82) is 0 Å². The van der Waals surface area contributed by atoms with Crippen molar-refractivity contribution in [3.8, 4) is 0 Å². The van der Waals surface area contributed by atoms with Gasteiger partial charge in [0.15, 0.2) is 12.0 Å². The standard InChI is InChI=1S/C12H24FNO.ClH/c1-6-14(7-2)9-8-10(13)11(15)12(3,4)5;/h10H,6-9H2,1-5H3;1H. The number of rotatable bonds is 6. The van der Waals surface area contributed by atoms with Gasteiger partial charge in [0.05, 0.1) is 0 Å². The van der Waals surface area contributed by atoms with Gasteiger partial charge in [-0.1, -0.05) is 34.6 Å². The van der Waals surface area contributed by atoms with E-state index in [-0.39, 0.29) is 18.2 Å². The molecule has 0 bridgehead atoms. The largest absolute Gasteiger partial charge is 0.304 e. The van der Waals surface area contributed by atoms with E-state index >= 15 is 0 Å². The van der Waals surface area contributed by atoms with Crippen LogP contribution in [-0.2, 0) is 4.79 Å². The summed E-state index contributed by atoms with van der Waals surface area (Å²) in [6, 6.07) is 0. The summed E-state index contributed by atoms with van der Waals surface area (Å²) in [7, 11) is 0. The van der Waals surface area contributed by atoms with Crippen LogP contribution in [0.3, 0.4) is 0 Å². The molecule has 0 spiro atoms. The van der Waals surface area contributed by atoms with Crippen LogP contribution < -0.4 is 0 Å². The maximum Gasteiger partial charge on any atom is 0.172 e. The summed E-state index contributed by atoms with van der Waals surface area (Å²) >= 11 is 0. The summed E-state index contributed by atoms with van der Waals surface area (Å²) in [5.41, 5.74) is -0.567. The molecule has 0 aliphatic rings. The molecule has 0 aromatic rings. The molecule has 1 atom stereocenters. The maximum atomic E-state index is 13.5. The number of hydrogen-bond acceptors (Lipinski definition) is 2.